The van der Waals surface area contributed by atoms with E-state index in [1.807, 2.05) is 41.1 Å². The minimum Gasteiger partial charge on any atom is -0.497 e. The van der Waals surface area contributed by atoms with Gasteiger partial charge in [0.05, 0.1) is 17.4 Å². The van der Waals surface area contributed by atoms with Gasteiger partial charge in [-0.05, 0) is 24.6 Å². The van der Waals surface area contributed by atoms with Crippen molar-refractivity contribution in [3.8, 4) is 16.2 Å². The van der Waals surface area contributed by atoms with Crippen LogP contribution < -0.4 is 15.4 Å². The molecule has 0 saturated carbocycles. The van der Waals surface area contributed by atoms with Crippen LogP contribution in [0.1, 0.15) is 17.4 Å². The molecule has 8 heteroatoms. The lowest BCUT2D eigenvalue weighted by molar-refractivity contribution is 0.0760. The number of benzene rings is 1. The summed E-state index contributed by atoms with van der Waals surface area (Å²) in [5.41, 5.74) is 7.29. The van der Waals surface area contributed by atoms with Crippen LogP contribution in [0.2, 0.25) is 0 Å². The second-order valence-electron chi connectivity index (χ2n) is 5.98. The second-order valence-corrected chi connectivity index (χ2v) is 8.24. The number of methoxy groups -OCH3 is 1. The number of anilines is 1. The Hall–Kier alpha value is -1.77. The zero-order valence-corrected chi connectivity index (χ0v) is 16.9. The molecule has 0 spiro atoms. The number of nitrogens with two attached hydrogens (primary N) is 1. The van der Waals surface area contributed by atoms with E-state index >= 15 is 0 Å². The second kappa shape index (κ2) is 8.28. The summed E-state index contributed by atoms with van der Waals surface area (Å²) in [6.07, 6.45) is 0. The van der Waals surface area contributed by atoms with Crippen LogP contribution in [-0.2, 0) is 0 Å². The molecule has 1 aliphatic rings. The van der Waals surface area contributed by atoms with E-state index in [0.717, 1.165) is 33.6 Å². The topological polar surface area (TPSA) is 71.7 Å². The van der Waals surface area contributed by atoms with Crippen molar-refractivity contribution in [2.75, 3.05) is 44.4 Å². The summed E-state index contributed by atoms with van der Waals surface area (Å²) in [4.78, 5) is 22.7. The van der Waals surface area contributed by atoms with E-state index in [-0.39, 0.29) is 11.3 Å². The van der Waals surface area contributed by atoms with Gasteiger partial charge in [-0.2, -0.15) is 0 Å². The number of thiazole rings is 1. The molecule has 2 N–H and O–H groups in total. The number of hydrogen-bond donors (Lipinski definition) is 1. The van der Waals surface area contributed by atoms with Gasteiger partial charge < -0.3 is 20.3 Å². The van der Waals surface area contributed by atoms with E-state index < -0.39 is 0 Å². The number of aromatic nitrogens is 1. The summed E-state index contributed by atoms with van der Waals surface area (Å²) in [5.74, 6) is 1.63. The Morgan fingerprint density at radius 3 is 3.00 bits per heavy atom. The van der Waals surface area contributed by atoms with Gasteiger partial charge >= 0.3 is 0 Å². The van der Waals surface area contributed by atoms with Gasteiger partial charge in [0.2, 0.25) is 0 Å². The van der Waals surface area contributed by atoms with Crippen molar-refractivity contribution >= 4 is 34.1 Å². The highest BCUT2D eigenvalue weighted by molar-refractivity contribution is 8.00. The zero-order chi connectivity index (χ0) is 18.7. The van der Waals surface area contributed by atoms with Crippen LogP contribution in [0.4, 0.5) is 5.13 Å². The monoisotopic (exact) mass is 392 g/mol. The van der Waals surface area contributed by atoms with Crippen LogP contribution in [0.15, 0.2) is 24.3 Å². The van der Waals surface area contributed by atoms with Crippen LogP contribution in [0.5, 0.6) is 5.75 Å². The number of carbonyl (C=O) groups is 1. The Kier molecular flexibility index (Phi) is 6.05. The Labute approximate surface area is 162 Å². The molecule has 1 unspecified atom stereocenters. The molecule has 1 saturated heterocycles. The van der Waals surface area contributed by atoms with Gasteiger partial charge in [0.25, 0.3) is 5.91 Å². The fourth-order valence-corrected chi connectivity index (χ4v) is 4.97. The van der Waals surface area contributed by atoms with Gasteiger partial charge in [0.15, 0.2) is 5.13 Å². The molecule has 26 heavy (non-hydrogen) atoms. The van der Waals surface area contributed by atoms with Gasteiger partial charge in [-0.1, -0.05) is 23.5 Å². The predicted octanol–water partition coefficient (Wildman–Crippen LogP) is 2.75. The third kappa shape index (κ3) is 3.67. The molecule has 1 atom stereocenters. The van der Waals surface area contributed by atoms with Gasteiger partial charge in [0.1, 0.15) is 11.4 Å². The minimum atomic E-state index is -0.0460. The average Bonchev–Trinajstić information content (AvgIpc) is 3.33. The van der Waals surface area contributed by atoms with Crippen molar-refractivity contribution in [3.63, 3.8) is 0 Å². The molecule has 2 aromatic rings. The third-order valence-corrected chi connectivity index (χ3v) is 6.87. The maximum absolute atomic E-state index is 13.2. The third-order valence-electron chi connectivity index (χ3n) is 4.40. The Balaban J connectivity index is 2.05. The standard InChI is InChI=1S/C18H24N4O2S2/c1-4-21(2)18-20-15(17(23)22-8-9-25-14(22)11-19)16(26-18)12-6-5-7-13(10-12)24-3/h5-7,10,14H,4,8-9,11,19H2,1-3H3. The van der Waals surface area contributed by atoms with Crippen LogP contribution in [-0.4, -0.2) is 60.7 Å². The van der Waals surface area contributed by atoms with E-state index in [1.165, 1.54) is 11.3 Å². The van der Waals surface area contributed by atoms with E-state index in [2.05, 4.69) is 11.9 Å². The molecule has 0 aliphatic carbocycles. The fraction of sp³-hybridized carbons (Fsp3) is 0.444. The normalized spacial score (nSPS) is 16.8. The smallest absolute Gasteiger partial charge is 0.275 e. The number of carbonyl (C=O) groups excluding carboxylic acids is 1. The molecule has 140 valence electrons. The summed E-state index contributed by atoms with van der Waals surface area (Å²) >= 11 is 3.26. The number of amides is 1. The molecule has 1 fully saturated rings. The Morgan fingerprint density at radius 2 is 2.31 bits per heavy atom. The molecule has 3 rings (SSSR count). The first-order chi connectivity index (χ1) is 12.6. The van der Waals surface area contributed by atoms with E-state index in [4.69, 9.17) is 10.5 Å². The maximum atomic E-state index is 13.2. The predicted molar refractivity (Wildman–Crippen MR) is 109 cm³/mol. The number of thioether (sulfide) groups is 1. The van der Waals surface area contributed by atoms with Crippen molar-refractivity contribution in [3.05, 3.63) is 30.0 Å². The first kappa shape index (κ1) is 19.0. The molecule has 1 amide bonds. The highest BCUT2D eigenvalue weighted by Crippen LogP contribution is 2.37. The summed E-state index contributed by atoms with van der Waals surface area (Å²) in [5, 5.41) is 0.861. The van der Waals surface area contributed by atoms with Crippen molar-refractivity contribution in [2.45, 2.75) is 12.3 Å². The molecule has 1 aromatic heterocycles. The van der Waals surface area contributed by atoms with Gasteiger partial charge in [0, 0.05) is 32.4 Å². The van der Waals surface area contributed by atoms with Crippen molar-refractivity contribution in [1.82, 2.24) is 9.88 Å². The molecule has 0 radical (unpaired) electrons. The van der Waals surface area contributed by atoms with Crippen LogP contribution in [0.25, 0.3) is 10.4 Å². The summed E-state index contributed by atoms with van der Waals surface area (Å²) in [7, 11) is 3.62. The lowest BCUT2D eigenvalue weighted by Gasteiger charge is -2.22. The van der Waals surface area contributed by atoms with E-state index in [1.54, 1.807) is 18.9 Å². The fourth-order valence-electron chi connectivity index (χ4n) is 2.80. The number of hydrogen-bond acceptors (Lipinski definition) is 7. The molecular weight excluding hydrogens is 368 g/mol. The highest BCUT2D eigenvalue weighted by Gasteiger charge is 2.32. The van der Waals surface area contributed by atoms with Crippen LogP contribution in [0.3, 0.4) is 0 Å². The lowest BCUT2D eigenvalue weighted by Crippen LogP contribution is -2.39. The number of nitrogens with zero attached hydrogens (tertiary/aromatic N) is 3. The van der Waals surface area contributed by atoms with Gasteiger partial charge in [-0.25, -0.2) is 4.98 Å². The number of rotatable bonds is 6. The Bertz CT molecular complexity index is 780. The average molecular weight is 393 g/mol. The minimum absolute atomic E-state index is 0.0229. The maximum Gasteiger partial charge on any atom is 0.275 e. The summed E-state index contributed by atoms with van der Waals surface area (Å²) in [6.45, 7) is 4.05. The SMILES string of the molecule is CCN(C)c1nc(C(=O)N2CCSC2CN)c(-c2cccc(OC)c2)s1. The lowest BCUT2D eigenvalue weighted by atomic mass is 10.1. The van der Waals surface area contributed by atoms with E-state index in [0.29, 0.717) is 18.8 Å². The van der Waals surface area contributed by atoms with Crippen molar-refractivity contribution in [2.24, 2.45) is 5.73 Å². The van der Waals surface area contributed by atoms with Gasteiger partial charge in [-0.15, -0.1) is 11.8 Å². The first-order valence-electron chi connectivity index (χ1n) is 8.58. The highest BCUT2D eigenvalue weighted by atomic mass is 32.2. The van der Waals surface area contributed by atoms with Crippen molar-refractivity contribution in [1.29, 1.82) is 0 Å². The molecule has 6 nitrogen and oxygen atoms in total. The van der Waals surface area contributed by atoms with Crippen molar-refractivity contribution < 1.29 is 9.53 Å². The largest absolute Gasteiger partial charge is 0.497 e. The van der Waals surface area contributed by atoms with E-state index in [9.17, 15) is 4.79 Å². The summed E-state index contributed by atoms with van der Waals surface area (Å²) in [6, 6.07) is 7.76. The first-order valence-corrected chi connectivity index (χ1v) is 10.4. The molecule has 0 bridgehead atoms. The molecule has 1 aliphatic heterocycles. The zero-order valence-electron chi connectivity index (χ0n) is 15.3. The molecule has 2 heterocycles. The van der Waals surface area contributed by atoms with Crippen LogP contribution >= 0.6 is 23.1 Å². The Morgan fingerprint density at radius 1 is 1.50 bits per heavy atom. The molecular formula is C18H24N4O2S2. The molecule has 1 aromatic carbocycles. The number of ether oxygens (including phenoxy) is 1. The quantitative estimate of drug-likeness (QED) is 0.815. The van der Waals surface area contributed by atoms with Crippen LogP contribution in [0, 0.1) is 0 Å². The summed E-state index contributed by atoms with van der Waals surface area (Å²) < 4.78 is 5.34. The van der Waals surface area contributed by atoms with Gasteiger partial charge in [-0.3, -0.25) is 4.79 Å².